The molecule has 130 valence electrons. The Morgan fingerprint density at radius 3 is 2.75 bits per heavy atom. The second-order valence-electron chi connectivity index (χ2n) is 10.7. The summed E-state index contributed by atoms with van der Waals surface area (Å²) in [6.07, 6.45) is 2.47. The quantitative estimate of drug-likeness (QED) is 0.574. The largest absolute Gasteiger partial charge is 0.390 e. The molecule has 3 N–H and O–H groups in total. The van der Waals surface area contributed by atoms with Gasteiger partial charge < -0.3 is 15.3 Å². The molecule has 0 radical (unpaired) electrons. The molecule has 0 amide bonds. The minimum Gasteiger partial charge on any atom is -0.390 e. The zero-order valence-electron chi connectivity index (χ0n) is 14.2. The summed E-state index contributed by atoms with van der Waals surface area (Å²) in [6, 6.07) is 0.892. The lowest BCUT2D eigenvalue weighted by Crippen LogP contribution is -2.68. The van der Waals surface area contributed by atoms with Gasteiger partial charge in [-0.2, -0.15) is 0 Å². The van der Waals surface area contributed by atoms with Gasteiger partial charge in [0.1, 0.15) is 0 Å². The average Bonchev–Trinajstić information content (AvgIpc) is 2.95. The molecule has 6 saturated carbocycles. The molecule has 0 aromatic carbocycles. The van der Waals surface area contributed by atoms with Crippen LogP contribution in [-0.4, -0.2) is 57.2 Å². The molecule has 6 aliphatic carbocycles. The van der Waals surface area contributed by atoms with Crippen LogP contribution in [0.1, 0.15) is 32.6 Å². The van der Waals surface area contributed by atoms with Gasteiger partial charge in [0, 0.05) is 29.5 Å². The molecule has 0 aromatic heterocycles. The average molecular weight is 329 g/mol. The van der Waals surface area contributed by atoms with Crippen molar-refractivity contribution in [3.05, 3.63) is 12.2 Å². The van der Waals surface area contributed by atoms with Gasteiger partial charge in [-0.05, 0) is 60.3 Å². The van der Waals surface area contributed by atoms with Crippen molar-refractivity contribution >= 4 is 0 Å². The fraction of sp³-hybridized carbons (Fsp3) is 0.900. The van der Waals surface area contributed by atoms with Crippen LogP contribution < -0.4 is 0 Å². The van der Waals surface area contributed by atoms with Crippen LogP contribution in [0, 0.1) is 39.9 Å². The maximum absolute atomic E-state index is 11.3. The number of rotatable bonds is 0. The van der Waals surface area contributed by atoms with Crippen LogP contribution in [0.4, 0.5) is 0 Å². The van der Waals surface area contributed by atoms with E-state index in [0.29, 0.717) is 35.8 Å². The molecule has 9 aliphatic rings. The van der Waals surface area contributed by atoms with Gasteiger partial charge in [-0.3, -0.25) is 4.90 Å². The van der Waals surface area contributed by atoms with E-state index in [0.717, 1.165) is 37.8 Å². The Balaban J connectivity index is 1.54. The Morgan fingerprint density at radius 1 is 1.17 bits per heavy atom. The fourth-order valence-corrected chi connectivity index (χ4v) is 10.4. The minimum absolute atomic E-state index is 0.0581. The SMILES string of the molecule is C=C1C(O)C23C[C@H]4[C@@H]5[C@@]6(C)CC(O)C(O)[C@]57C([C@H]2C[C@H]1C[C@H]37)N4C6. The molecule has 2 spiro atoms. The maximum atomic E-state index is 11.3. The number of nitrogens with zero attached hydrogens (tertiary/aromatic N) is 1. The normalized spacial score (nSPS) is 76.1. The van der Waals surface area contributed by atoms with Crippen LogP contribution in [0.15, 0.2) is 12.2 Å². The zero-order valence-corrected chi connectivity index (χ0v) is 14.2. The fourth-order valence-electron chi connectivity index (χ4n) is 10.4. The first-order chi connectivity index (χ1) is 11.4. The van der Waals surface area contributed by atoms with Gasteiger partial charge in [0.25, 0.3) is 0 Å². The Labute approximate surface area is 142 Å². The first-order valence-electron chi connectivity index (χ1n) is 9.86. The third kappa shape index (κ3) is 0.941. The zero-order chi connectivity index (χ0) is 16.4. The summed E-state index contributed by atoms with van der Waals surface area (Å²) in [5.74, 6) is 1.79. The van der Waals surface area contributed by atoms with E-state index in [1.165, 1.54) is 0 Å². The monoisotopic (exact) mass is 329 g/mol. The molecule has 3 saturated heterocycles. The van der Waals surface area contributed by atoms with Crippen LogP contribution in [0.2, 0.25) is 0 Å². The van der Waals surface area contributed by atoms with Crippen molar-refractivity contribution in [3.8, 4) is 0 Å². The molecule has 13 atom stereocenters. The molecule has 3 heterocycles. The van der Waals surface area contributed by atoms with Crippen molar-refractivity contribution in [2.24, 2.45) is 39.9 Å². The van der Waals surface area contributed by atoms with E-state index in [1.807, 2.05) is 0 Å². The van der Waals surface area contributed by atoms with Gasteiger partial charge in [-0.15, -0.1) is 0 Å². The molecular formula is C20H27NO3. The number of fused-ring (bicyclic) bond motifs is 1. The van der Waals surface area contributed by atoms with E-state index in [9.17, 15) is 15.3 Å². The summed E-state index contributed by atoms with van der Waals surface area (Å²) in [6.45, 7) is 7.70. The van der Waals surface area contributed by atoms with E-state index < -0.39 is 12.2 Å². The molecule has 9 fully saturated rings. The number of aliphatic hydroxyl groups is 3. The first kappa shape index (κ1) is 13.7. The maximum Gasteiger partial charge on any atom is 0.0876 e. The number of hydrogen-bond donors (Lipinski definition) is 3. The smallest absolute Gasteiger partial charge is 0.0876 e. The van der Waals surface area contributed by atoms with Crippen molar-refractivity contribution < 1.29 is 15.3 Å². The summed E-state index contributed by atoms with van der Waals surface area (Å²) in [5, 5.41) is 33.4. The first-order valence-corrected chi connectivity index (χ1v) is 9.86. The predicted molar refractivity (Wildman–Crippen MR) is 86.8 cm³/mol. The van der Waals surface area contributed by atoms with Crippen LogP contribution >= 0.6 is 0 Å². The number of aliphatic hydroxyl groups excluding tert-OH is 3. The highest BCUT2D eigenvalue weighted by atomic mass is 16.3. The highest BCUT2D eigenvalue weighted by Gasteiger charge is 2.90. The van der Waals surface area contributed by atoms with E-state index >= 15 is 0 Å². The second-order valence-corrected chi connectivity index (χ2v) is 10.7. The van der Waals surface area contributed by atoms with Crippen molar-refractivity contribution in [2.75, 3.05) is 6.54 Å². The Hall–Kier alpha value is -0.420. The topological polar surface area (TPSA) is 63.9 Å². The second kappa shape index (κ2) is 3.40. The molecule has 3 aliphatic heterocycles. The predicted octanol–water partition coefficient (Wildman–Crippen LogP) is 0.764. The molecule has 4 nitrogen and oxygen atoms in total. The van der Waals surface area contributed by atoms with E-state index in [4.69, 9.17) is 0 Å². The minimum atomic E-state index is -0.611. The standard InChI is InChI=1S/C20H27NO3/c1-8-9-3-10-15-20-13(4-9)19(10,16(8)23)5-11-14(20)18(2,7-21(11)15)6-12(22)17(20)24/h9-17,22-24H,1,3-7H2,2H3/t9-,10+,11-,12?,13+,14+,15?,16?,17?,18-,19?,20-/m0/s1. The molecule has 0 aromatic rings. The Morgan fingerprint density at radius 2 is 1.96 bits per heavy atom. The van der Waals surface area contributed by atoms with E-state index in [1.54, 1.807) is 0 Å². The van der Waals surface area contributed by atoms with E-state index in [-0.39, 0.29) is 22.3 Å². The van der Waals surface area contributed by atoms with E-state index in [2.05, 4.69) is 18.4 Å². The summed E-state index contributed by atoms with van der Waals surface area (Å²) in [5.41, 5.74) is 0.975. The molecule has 6 unspecified atom stereocenters. The number of hydrogen-bond acceptors (Lipinski definition) is 4. The Kier molecular flexibility index (Phi) is 1.95. The van der Waals surface area contributed by atoms with Crippen LogP contribution in [-0.2, 0) is 0 Å². The van der Waals surface area contributed by atoms with Gasteiger partial charge >= 0.3 is 0 Å². The summed E-state index contributed by atoms with van der Waals surface area (Å²) >= 11 is 0. The third-order valence-electron chi connectivity index (χ3n) is 10.4. The van der Waals surface area contributed by atoms with Gasteiger partial charge in [0.2, 0.25) is 0 Å². The van der Waals surface area contributed by atoms with Gasteiger partial charge in [-0.1, -0.05) is 13.5 Å². The van der Waals surface area contributed by atoms with Crippen LogP contribution in [0.25, 0.3) is 0 Å². The molecule has 9 bridgehead atoms. The molecular weight excluding hydrogens is 302 g/mol. The van der Waals surface area contributed by atoms with Crippen LogP contribution in [0.5, 0.6) is 0 Å². The third-order valence-corrected chi connectivity index (χ3v) is 10.4. The van der Waals surface area contributed by atoms with Crippen molar-refractivity contribution in [1.82, 2.24) is 4.90 Å². The van der Waals surface area contributed by atoms with Crippen LogP contribution in [0.3, 0.4) is 0 Å². The lowest BCUT2D eigenvalue weighted by molar-refractivity contribution is -0.223. The molecule has 9 rings (SSSR count). The van der Waals surface area contributed by atoms with Gasteiger partial charge in [-0.25, -0.2) is 0 Å². The highest BCUT2D eigenvalue weighted by molar-refractivity contribution is 5.43. The Bertz CT molecular complexity index is 709. The summed E-state index contributed by atoms with van der Waals surface area (Å²) < 4.78 is 0. The molecule has 4 heteroatoms. The van der Waals surface area contributed by atoms with Gasteiger partial charge in [0.15, 0.2) is 0 Å². The molecule has 24 heavy (non-hydrogen) atoms. The summed E-state index contributed by atoms with van der Waals surface area (Å²) in [4.78, 5) is 2.73. The highest BCUT2D eigenvalue weighted by Crippen LogP contribution is 2.86. The van der Waals surface area contributed by atoms with Crippen molar-refractivity contribution in [2.45, 2.75) is 63.0 Å². The lowest BCUT2D eigenvalue weighted by atomic mass is 9.39. The van der Waals surface area contributed by atoms with Crippen molar-refractivity contribution in [1.29, 1.82) is 0 Å². The van der Waals surface area contributed by atoms with Gasteiger partial charge in [0.05, 0.1) is 18.3 Å². The summed E-state index contributed by atoms with van der Waals surface area (Å²) in [7, 11) is 0. The van der Waals surface area contributed by atoms with Crippen molar-refractivity contribution in [3.63, 3.8) is 0 Å². The lowest BCUT2D eigenvalue weighted by Gasteiger charge is -2.65. The number of piperidine rings is 2.